The van der Waals surface area contributed by atoms with Crippen molar-refractivity contribution in [1.29, 1.82) is 0 Å². The number of rotatable bonds is 3. The average Bonchev–Trinajstić information content (AvgIpc) is 2.33. The van der Waals surface area contributed by atoms with Crippen molar-refractivity contribution >= 4 is 5.69 Å². The van der Waals surface area contributed by atoms with Crippen molar-refractivity contribution in [1.82, 2.24) is 0 Å². The Hall–Kier alpha value is -1.06. The van der Waals surface area contributed by atoms with E-state index in [1.807, 2.05) is 18.2 Å². The van der Waals surface area contributed by atoms with E-state index in [-0.39, 0.29) is 12.0 Å². The molecule has 88 valence electrons. The van der Waals surface area contributed by atoms with Gasteiger partial charge < -0.3 is 14.7 Å². The maximum atomic E-state index is 9.86. The number of anilines is 1. The van der Waals surface area contributed by atoms with Gasteiger partial charge in [-0.25, -0.2) is 0 Å². The molecule has 2 atom stereocenters. The second-order valence-electron chi connectivity index (χ2n) is 4.41. The van der Waals surface area contributed by atoms with Gasteiger partial charge in [-0.15, -0.1) is 0 Å². The zero-order valence-corrected chi connectivity index (χ0v) is 9.67. The van der Waals surface area contributed by atoms with Crippen molar-refractivity contribution in [3.63, 3.8) is 0 Å². The molecular formula is C13H19NO2. The van der Waals surface area contributed by atoms with E-state index in [0.29, 0.717) is 13.2 Å². The van der Waals surface area contributed by atoms with Crippen LogP contribution in [0.3, 0.4) is 0 Å². The van der Waals surface area contributed by atoms with Gasteiger partial charge in [0, 0.05) is 31.8 Å². The summed E-state index contributed by atoms with van der Waals surface area (Å²) in [6.07, 6.45) is 0.535. The number of benzene rings is 1. The van der Waals surface area contributed by atoms with E-state index >= 15 is 0 Å². The predicted octanol–water partition coefficient (Wildman–Crippen LogP) is 1.52. The number of aliphatic hydroxyl groups is 1. The van der Waals surface area contributed by atoms with Crippen LogP contribution in [0.25, 0.3) is 0 Å². The molecule has 1 saturated heterocycles. The smallest absolute Gasteiger partial charge is 0.0629 e. The Bertz CT molecular complexity index is 315. The van der Waals surface area contributed by atoms with Gasteiger partial charge >= 0.3 is 0 Å². The predicted molar refractivity (Wildman–Crippen MR) is 64.6 cm³/mol. The molecule has 1 aliphatic heterocycles. The summed E-state index contributed by atoms with van der Waals surface area (Å²) in [4.78, 5) is 2.17. The topological polar surface area (TPSA) is 32.7 Å². The summed E-state index contributed by atoms with van der Waals surface area (Å²) < 4.78 is 5.40. The highest BCUT2D eigenvalue weighted by molar-refractivity contribution is 5.45. The third-order valence-electron chi connectivity index (χ3n) is 3.14. The molecule has 1 aromatic carbocycles. The summed E-state index contributed by atoms with van der Waals surface area (Å²) in [7, 11) is 2.05. The molecule has 0 radical (unpaired) electrons. The summed E-state index contributed by atoms with van der Waals surface area (Å²) >= 11 is 0. The SMILES string of the molecule is CN(CC1COCCC1O)c1ccccc1. The van der Waals surface area contributed by atoms with Crippen LogP contribution >= 0.6 is 0 Å². The first-order chi connectivity index (χ1) is 7.77. The van der Waals surface area contributed by atoms with Crippen molar-refractivity contribution in [2.24, 2.45) is 5.92 Å². The molecule has 16 heavy (non-hydrogen) atoms. The van der Waals surface area contributed by atoms with Gasteiger partial charge in [0.25, 0.3) is 0 Å². The van der Waals surface area contributed by atoms with Gasteiger partial charge in [0.05, 0.1) is 12.7 Å². The lowest BCUT2D eigenvalue weighted by molar-refractivity contribution is -0.0320. The summed E-state index contributed by atoms with van der Waals surface area (Å²) in [5, 5.41) is 9.86. The van der Waals surface area contributed by atoms with Crippen LogP contribution in [0.5, 0.6) is 0 Å². The highest BCUT2D eigenvalue weighted by Crippen LogP contribution is 2.19. The standard InChI is InChI=1S/C13H19NO2/c1-14(12-5-3-2-4-6-12)9-11-10-16-8-7-13(11)15/h2-6,11,13,15H,7-10H2,1H3. The minimum absolute atomic E-state index is 0.221. The van der Waals surface area contributed by atoms with Crippen LogP contribution in [-0.2, 0) is 4.74 Å². The van der Waals surface area contributed by atoms with E-state index in [1.54, 1.807) is 0 Å². The lowest BCUT2D eigenvalue weighted by Crippen LogP contribution is -2.39. The summed E-state index contributed by atoms with van der Waals surface area (Å²) in [5.74, 6) is 0.221. The number of ether oxygens (including phenoxy) is 1. The Morgan fingerprint density at radius 3 is 2.81 bits per heavy atom. The van der Waals surface area contributed by atoms with E-state index in [2.05, 4.69) is 24.1 Å². The molecule has 0 amide bonds. The Kier molecular flexibility index (Phi) is 3.80. The van der Waals surface area contributed by atoms with Gasteiger partial charge in [-0.1, -0.05) is 18.2 Å². The maximum Gasteiger partial charge on any atom is 0.0629 e. The molecule has 1 fully saturated rings. The molecule has 1 heterocycles. The van der Waals surface area contributed by atoms with Crippen LogP contribution in [-0.4, -0.2) is 38.0 Å². The number of hydrogen-bond acceptors (Lipinski definition) is 3. The fourth-order valence-corrected chi connectivity index (χ4v) is 2.10. The Morgan fingerprint density at radius 2 is 2.12 bits per heavy atom. The Morgan fingerprint density at radius 1 is 1.38 bits per heavy atom. The van der Waals surface area contributed by atoms with Crippen LogP contribution in [0, 0.1) is 5.92 Å². The summed E-state index contributed by atoms with van der Waals surface area (Å²) in [6, 6.07) is 10.2. The fraction of sp³-hybridized carbons (Fsp3) is 0.538. The summed E-state index contributed by atoms with van der Waals surface area (Å²) in [6.45, 7) is 2.19. The number of aliphatic hydroxyl groups excluding tert-OH is 1. The normalized spacial score (nSPS) is 25.4. The van der Waals surface area contributed by atoms with Crippen LogP contribution in [0.1, 0.15) is 6.42 Å². The molecule has 2 rings (SSSR count). The highest BCUT2D eigenvalue weighted by Gasteiger charge is 2.24. The Balaban J connectivity index is 1.94. The Labute approximate surface area is 96.6 Å². The second-order valence-corrected chi connectivity index (χ2v) is 4.41. The minimum Gasteiger partial charge on any atom is -0.393 e. The van der Waals surface area contributed by atoms with Gasteiger partial charge in [0.15, 0.2) is 0 Å². The van der Waals surface area contributed by atoms with Crippen LogP contribution in [0.15, 0.2) is 30.3 Å². The molecule has 0 spiro atoms. The molecule has 0 saturated carbocycles. The van der Waals surface area contributed by atoms with Crippen molar-refractivity contribution < 1.29 is 9.84 Å². The molecule has 1 N–H and O–H groups in total. The van der Waals surface area contributed by atoms with Crippen molar-refractivity contribution in [2.75, 3.05) is 31.7 Å². The zero-order chi connectivity index (χ0) is 11.4. The van der Waals surface area contributed by atoms with Crippen molar-refractivity contribution in [2.45, 2.75) is 12.5 Å². The molecule has 1 aromatic rings. The molecule has 3 heteroatoms. The van der Waals surface area contributed by atoms with Gasteiger partial charge in [-0.2, -0.15) is 0 Å². The van der Waals surface area contributed by atoms with Crippen molar-refractivity contribution in [3.05, 3.63) is 30.3 Å². The molecular weight excluding hydrogens is 202 g/mol. The number of hydrogen-bond donors (Lipinski definition) is 1. The number of para-hydroxylation sites is 1. The van der Waals surface area contributed by atoms with Crippen molar-refractivity contribution in [3.8, 4) is 0 Å². The van der Waals surface area contributed by atoms with E-state index in [9.17, 15) is 5.11 Å². The van der Waals surface area contributed by atoms with Crippen LogP contribution in [0.2, 0.25) is 0 Å². The monoisotopic (exact) mass is 221 g/mol. The number of nitrogens with zero attached hydrogens (tertiary/aromatic N) is 1. The van der Waals surface area contributed by atoms with E-state index in [4.69, 9.17) is 4.74 Å². The third kappa shape index (κ3) is 2.74. The first-order valence-electron chi connectivity index (χ1n) is 5.79. The fourth-order valence-electron chi connectivity index (χ4n) is 2.10. The second kappa shape index (κ2) is 5.32. The largest absolute Gasteiger partial charge is 0.393 e. The van der Waals surface area contributed by atoms with Gasteiger partial charge in [-0.3, -0.25) is 0 Å². The quantitative estimate of drug-likeness (QED) is 0.840. The zero-order valence-electron chi connectivity index (χ0n) is 9.67. The molecule has 0 aromatic heterocycles. The van der Waals surface area contributed by atoms with Gasteiger partial charge in [-0.05, 0) is 18.6 Å². The van der Waals surface area contributed by atoms with Crippen LogP contribution in [0.4, 0.5) is 5.69 Å². The lowest BCUT2D eigenvalue weighted by atomic mass is 9.98. The summed E-state index contributed by atoms with van der Waals surface area (Å²) in [5.41, 5.74) is 1.18. The van der Waals surface area contributed by atoms with Crippen LogP contribution < -0.4 is 4.90 Å². The molecule has 3 nitrogen and oxygen atoms in total. The van der Waals surface area contributed by atoms with E-state index in [0.717, 1.165) is 13.0 Å². The maximum absolute atomic E-state index is 9.86. The molecule has 0 bridgehead atoms. The molecule has 2 unspecified atom stereocenters. The van der Waals surface area contributed by atoms with E-state index < -0.39 is 0 Å². The molecule has 1 aliphatic rings. The minimum atomic E-state index is -0.222. The molecule has 0 aliphatic carbocycles. The van der Waals surface area contributed by atoms with Gasteiger partial charge in [0.1, 0.15) is 0 Å². The highest BCUT2D eigenvalue weighted by atomic mass is 16.5. The first-order valence-corrected chi connectivity index (χ1v) is 5.79. The third-order valence-corrected chi connectivity index (χ3v) is 3.14. The van der Waals surface area contributed by atoms with Gasteiger partial charge in [0.2, 0.25) is 0 Å². The van der Waals surface area contributed by atoms with E-state index in [1.165, 1.54) is 5.69 Å². The first kappa shape index (κ1) is 11.4. The average molecular weight is 221 g/mol. The lowest BCUT2D eigenvalue weighted by Gasteiger charge is -2.32.